The quantitative estimate of drug-likeness (QED) is 0.619. The SMILES string of the molecule is Cn1ccc(-c2nccc(-c3[nH]c4c(c3I)C(=O)NCC4)n2)n1. The van der Waals surface area contributed by atoms with E-state index in [4.69, 9.17) is 0 Å². The lowest BCUT2D eigenvalue weighted by molar-refractivity contribution is 0.0945. The molecule has 1 aliphatic rings. The summed E-state index contributed by atoms with van der Waals surface area (Å²) in [4.78, 5) is 24.3. The van der Waals surface area contributed by atoms with Gasteiger partial charge in [-0.2, -0.15) is 5.10 Å². The average molecular weight is 420 g/mol. The highest BCUT2D eigenvalue weighted by Gasteiger charge is 2.25. The molecule has 1 amide bonds. The van der Waals surface area contributed by atoms with Crippen LogP contribution in [0.15, 0.2) is 24.5 Å². The molecule has 3 aromatic heterocycles. The van der Waals surface area contributed by atoms with Gasteiger partial charge in [-0.3, -0.25) is 9.48 Å². The Bertz CT molecular complexity index is 913. The Hall–Kier alpha value is -2.23. The zero-order valence-corrected chi connectivity index (χ0v) is 14.5. The summed E-state index contributed by atoms with van der Waals surface area (Å²) in [6, 6.07) is 3.71. The predicted octanol–water partition coefficient (Wildman–Crippen LogP) is 1.76. The maximum Gasteiger partial charge on any atom is 0.254 e. The first-order valence-electron chi connectivity index (χ1n) is 7.15. The van der Waals surface area contributed by atoms with E-state index in [1.807, 2.05) is 25.4 Å². The van der Waals surface area contributed by atoms with Gasteiger partial charge in [0.15, 0.2) is 5.82 Å². The van der Waals surface area contributed by atoms with Crippen molar-refractivity contribution in [2.75, 3.05) is 6.54 Å². The Labute approximate surface area is 145 Å². The first kappa shape index (κ1) is 14.4. The maximum atomic E-state index is 12.1. The lowest BCUT2D eigenvalue weighted by Gasteiger charge is -2.11. The van der Waals surface area contributed by atoms with E-state index in [0.717, 1.165) is 38.3 Å². The number of aryl methyl sites for hydroxylation is 1. The Balaban J connectivity index is 1.81. The third-order valence-electron chi connectivity index (χ3n) is 3.76. The minimum Gasteiger partial charge on any atom is -0.356 e. The van der Waals surface area contributed by atoms with Gasteiger partial charge in [-0.25, -0.2) is 9.97 Å². The third kappa shape index (κ3) is 2.42. The maximum absolute atomic E-state index is 12.1. The van der Waals surface area contributed by atoms with Gasteiger partial charge in [0.1, 0.15) is 5.69 Å². The number of rotatable bonds is 2. The lowest BCUT2D eigenvalue weighted by Crippen LogP contribution is -2.31. The number of aromatic nitrogens is 5. The summed E-state index contributed by atoms with van der Waals surface area (Å²) >= 11 is 2.20. The van der Waals surface area contributed by atoms with Crippen molar-refractivity contribution in [3.8, 4) is 22.9 Å². The van der Waals surface area contributed by atoms with Crippen LogP contribution in [0.3, 0.4) is 0 Å². The number of aromatic amines is 1. The molecule has 23 heavy (non-hydrogen) atoms. The first-order chi connectivity index (χ1) is 11.1. The zero-order valence-electron chi connectivity index (χ0n) is 12.3. The third-order valence-corrected chi connectivity index (χ3v) is 4.84. The van der Waals surface area contributed by atoms with Gasteiger partial charge in [-0.1, -0.05) is 0 Å². The van der Waals surface area contributed by atoms with E-state index in [1.165, 1.54) is 0 Å². The average Bonchev–Trinajstić information content (AvgIpc) is 3.12. The molecule has 0 aromatic carbocycles. The first-order valence-corrected chi connectivity index (χ1v) is 8.23. The molecule has 0 bridgehead atoms. The van der Waals surface area contributed by atoms with Gasteiger partial charge < -0.3 is 10.3 Å². The molecule has 0 aliphatic carbocycles. The number of hydrogen-bond acceptors (Lipinski definition) is 4. The van der Waals surface area contributed by atoms with E-state index in [2.05, 4.69) is 48.0 Å². The van der Waals surface area contributed by atoms with Crippen molar-refractivity contribution in [3.05, 3.63) is 39.4 Å². The van der Waals surface area contributed by atoms with Gasteiger partial charge >= 0.3 is 0 Å². The molecule has 4 heterocycles. The van der Waals surface area contributed by atoms with Gasteiger partial charge in [0, 0.05) is 38.1 Å². The van der Waals surface area contributed by atoms with Gasteiger partial charge in [0.05, 0.1) is 20.5 Å². The minimum absolute atomic E-state index is 0.0304. The van der Waals surface area contributed by atoms with Crippen molar-refractivity contribution in [1.29, 1.82) is 0 Å². The van der Waals surface area contributed by atoms with Gasteiger partial charge in [0.2, 0.25) is 0 Å². The summed E-state index contributed by atoms with van der Waals surface area (Å²) in [5, 5.41) is 7.21. The molecule has 2 N–H and O–H groups in total. The lowest BCUT2D eigenvalue weighted by atomic mass is 10.1. The Kier molecular flexibility index (Phi) is 3.40. The standard InChI is InChI=1S/C15H13IN6O/c1-22-7-4-10(21-22)14-17-5-3-9(20-14)13-12(16)11-8(19-13)2-6-18-15(11)23/h3-5,7,19H,2,6H2,1H3,(H,18,23). The molecule has 1 aliphatic heterocycles. The van der Waals surface area contributed by atoms with E-state index < -0.39 is 0 Å². The zero-order chi connectivity index (χ0) is 16.0. The Morgan fingerprint density at radius 1 is 1.30 bits per heavy atom. The highest BCUT2D eigenvalue weighted by Crippen LogP contribution is 2.30. The summed E-state index contributed by atoms with van der Waals surface area (Å²) in [5.74, 6) is 0.535. The molecule has 8 heteroatoms. The number of nitrogens with zero attached hydrogens (tertiary/aromatic N) is 4. The molecular weight excluding hydrogens is 407 g/mol. The summed E-state index contributed by atoms with van der Waals surface area (Å²) in [7, 11) is 1.86. The van der Waals surface area contributed by atoms with Crippen molar-refractivity contribution in [1.82, 2.24) is 30.0 Å². The molecular formula is C15H13IN6O. The van der Waals surface area contributed by atoms with E-state index in [0.29, 0.717) is 12.4 Å². The second kappa shape index (κ2) is 5.44. The number of halogens is 1. The van der Waals surface area contributed by atoms with Crippen LogP contribution in [0.2, 0.25) is 0 Å². The monoisotopic (exact) mass is 420 g/mol. The molecule has 3 aromatic rings. The van der Waals surface area contributed by atoms with Crippen molar-refractivity contribution < 1.29 is 4.79 Å². The van der Waals surface area contributed by atoms with Crippen molar-refractivity contribution >= 4 is 28.5 Å². The number of amides is 1. The molecule has 0 fully saturated rings. The Morgan fingerprint density at radius 3 is 2.91 bits per heavy atom. The molecule has 0 saturated carbocycles. The van der Waals surface area contributed by atoms with Crippen LogP contribution in [0.5, 0.6) is 0 Å². The van der Waals surface area contributed by atoms with Crippen molar-refractivity contribution in [2.24, 2.45) is 7.05 Å². The second-order valence-electron chi connectivity index (χ2n) is 5.31. The smallest absolute Gasteiger partial charge is 0.254 e. The molecule has 0 atom stereocenters. The van der Waals surface area contributed by atoms with Crippen LogP contribution >= 0.6 is 22.6 Å². The van der Waals surface area contributed by atoms with Crippen LogP contribution < -0.4 is 5.32 Å². The fourth-order valence-electron chi connectivity index (χ4n) is 2.67. The van der Waals surface area contributed by atoms with E-state index in [-0.39, 0.29) is 5.91 Å². The topological polar surface area (TPSA) is 88.5 Å². The largest absolute Gasteiger partial charge is 0.356 e. The Morgan fingerprint density at radius 2 is 2.17 bits per heavy atom. The highest BCUT2D eigenvalue weighted by atomic mass is 127. The minimum atomic E-state index is -0.0304. The summed E-state index contributed by atoms with van der Waals surface area (Å²) in [6.45, 7) is 0.658. The predicted molar refractivity (Wildman–Crippen MR) is 92.8 cm³/mol. The fraction of sp³-hybridized carbons (Fsp3) is 0.200. The van der Waals surface area contributed by atoms with E-state index in [9.17, 15) is 4.79 Å². The number of carbonyl (C=O) groups excluding carboxylic acids is 1. The number of carbonyl (C=O) groups is 1. The van der Waals surface area contributed by atoms with Crippen LogP contribution in [0.25, 0.3) is 22.9 Å². The van der Waals surface area contributed by atoms with Crippen LogP contribution in [0.4, 0.5) is 0 Å². The summed E-state index contributed by atoms with van der Waals surface area (Å²) in [5.41, 5.74) is 4.02. The van der Waals surface area contributed by atoms with Gasteiger partial charge in [-0.15, -0.1) is 0 Å². The molecule has 4 rings (SSSR count). The normalized spacial score (nSPS) is 13.7. The van der Waals surface area contributed by atoms with Crippen molar-refractivity contribution in [3.63, 3.8) is 0 Å². The second-order valence-corrected chi connectivity index (χ2v) is 6.39. The fourth-order valence-corrected chi connectivity index (χ4v) is 3.65. The van der Waals surface area contributed by atoms with Crippen LogP contribution in [0, 0.1) is 3.57 Å². The van der Waals surface area contributed by atoms with Crippen LogP contribution in [-0.2, 0) is 13.5 Å². The van der Waals surface area contributed by atoms with Crippen LogP contribution in [0.1, 0.15) is 16.1 Å². The summed E-state index contributed by atoms with van der Waals surface area (Å²) in [6.07, 6.45) is 4.37. The van der Waals surface area contributed by atoms with E-state index in [1.54, 1.807) is 10.9 Å². The molecule has 0 spiro atoms. The molecule has 0 saturated heterocycles. The molecule has 116 valence electrons. The highest BCUT2D eigenvalue weighted by molar-refractivity contribution is 14.1. The van der Waals surface area contributed by atoms with E-state index >= 15 is 0 Å². The van der Waals surface area contributed by atoms with Crippen LogP contribution in [-0.4, -0.2) is 37.2 Å². The summed E-state index contributed by atoms with van der Waals surface area (Å²) < 4.78 is 2.60. The van der Waals surface area contributed by atoms with Gasteiger partial charge in [0.25, 0.3) is 5.91 Å². The number of hydrogen-bond donors (Lipinski definition) is 2. The number of H-pyrrole nitrogens is 1. The number of nitrogens with one attached hydrogen (secondary N) is 2. The molecule has 7 nitrogen and oxygen atoms in total. The number of fused-ring (bicyclic) bond motifs is 1. The molecule has 0 unspecified atom stereocenters. The van der Waals surface area contributed by atoms with Gasteiger partial charge in [-0.05, 0) is 34.7 Å². The molecule has 0 radical (unpaired) electrons. The van der Waals surface area contributed by atoms with Crippen molar-refractivity contribution in [2.45, 2.75) is 6.42 Å².